The Balaban J connectivity index is 1.66. The van der Waals surface area contributed by atoms with E-state index in [-0.39, 0.29) is 17.2 Å². The van der Waals surface area contributed by atoms with Gasteiger partial charge in [0.15, 0.2) is 6.10 Å². The Morgan fingerprint density at radius 3 is 2.55 bits per heavy atom. The SMILES string of the molecule is Cc1csc(=O)n1CC(=O)O[C@H](C(=O)c1c[nH]c2ccccc12)c1ccccc1. The lowest BCUT2D eigenvalue weighted by Gasteiger charge is -2.17. The van der Waals surface area contributed by atoms with Gasteiger partial charge in [-0.2, -0.15) is 0 Å². The molecule has 0 bridgehead atoms. The Hall–Kier alpha value is -3.45. The van der Waals surface area contributed by atoms with Crippen molar-refractivity contribution in [2.75, 3.05) is 0 Å². The van der Waals surface area contributed by atoms with E-state index >= 15 is 0 Å². The second-order valence-electron chi connectivity index (χ2n) is 6.62. The fourth-order valence-electron chi connectivity index (χ4n) is 3.21. The smallest absolute Gasteiger partial charge is 0.327 e. The number of ether oxygens (including phenoxy) is 1. The molecule has 0 radical (unpaired) electrons. The monoisotopic (exact) mass is 406 g/mol. The van der Waals surface area contributed by atoms with Gasteiger partial charge in [0.25, 0.3) is 0 Å². The molecular formula is C22H18N2O4S. The van der Waals surface area contributed by atoms with E-state index in [0.29, 0.717) is 16.8 Å². The molecule has 6 nitrogen and oxygen atoms in total. The van der Waals surface area contributed by atoms with Crippen LogP contribution in [0.1, 0.15) is 27.7 Å². The minimum atomic E-state index is -1.10. The molecule has 4 aromatic rings. The highest BCUT2D eigenvalue weighted by Gasteiger charge is 2.28. The molecule has 4 rings (SSSR count). The second kappa shape index (κ2) is 7.89. The number of H-pyrrole nitrogens is 1. The molecule has 0 saturated heterocycles. The van der Waals surface area contributed by atoms with Gasteiger partial charge in [-0.05, 0) is 13.0 Å². The molecule has 0 aliphatic carbocycles. The lowest BCUT2D eigenvalue weighted by atomic mass is 9.99. The number of benzene rings is 2. The molecule has 0 spiro atoms. The van der Waals surface area contributed by atoms with Crippen molar-refractivity contribution in [3.8, 4) is 0 Å². The maximum absolute atomic E-state index is 13.3. The first-order valence-electron chi connectivity index (χ1n) is 9.04. The van der Waals surface area contributed by atoms with E-state index in [9.17, 15) is 14.4 Å². The van der Waals surface area contributed by atoms with Gasteiger partial charge in [-0.1, -0.05) is 59.9 Å². The van der Waals surface area contributed by atoms with Gasteiger partial charge >= 0.3 is 10.8 Å². The van der Waals surface area contributed by atoms with E-state index in [0.717, 1.165) is 22.2 Å². The molecule has 0 aliphatic rings. The number of aryl methyl sites for hydroxylation is 1. The fraction of sp³-hybridized carbons (Fsp3) is 0.136. The lowest BCUT2D eigenvalue weighted by Crippen LogP contribution is -2.26. The highest BCUT2D eigenvalue weighted by Crippen LogP contribution is 2.27. The number of nitrogens with zero attached hydrogens (tertiary/aromatic N) is 1. The quantitative estimate of drug-likeness (QED) is 0.389. The maximum Gasteiger partial charge on any atom is 0.327 e. The Bertz CT molecular complexity index is 1240. The Morgan fingerprint density at radius 1 is 1.10 bits per heavy atom. The minimum absolute atomic E-state index is 0.237. The van der Waals surface area contributed by atoms with Crippen molar-refractivity contribution in [3.05, 3.63) is 92.7 Å². The molecular weight excluding hydrogens is 388 g/mol. The molecule has 2 aromatic heterocycles. The largest absolute Gasteiger partial charge is 0.448 e. The van der Waals surface area contributed by atoms with Crippen molar-refractivity contribution in [3.63, 3.8) is 0 Å². The van der Waals surface area contributed by atoms with Crippen molar-refractivity contribution in [2.24, 2.45) is 0 Å². The minimum Gasteiger partial charge on any atom is -0.448 e. The van der Waals surface area contributed by atoms with Gasteiger partial charge in [-0.15, -0.1) is 0 Å². The zero-order valence-corrected chi connectivity index (χ0v) is 16.4. The van der Waals surface area contributed by atoms with E-state index in [1.165, 1.54) is 4.57 Å². The number of esters is 1. The molecule has 2 heterocycles. The van der Waals surface area contributed by atoms with Crippen molar-refractivity contribution in [2.45, 2.75) is 19.6 Å². The predicted octanol–water partition coefficient (Wildman–Crippen LogP) is 3.87. The van der Waals surface area contributed by atoms with E-state index in [1.807, 2.05) is 30.3 Å². The van der Waals surface area contributed by atoms with Crippen LogP contribution in [0, 0.1) is 6.92 Å². The molecule has 0 fully saturated rings. The standard InChI is InChI=1S/C22H18N2O4S/c1-14-13-29-22(27)24(14)12-19(25)28-21(15-7-3-2-4-8-15)20(26)17-11-23-18-10-6-5-9-16(17)18/h2-11,13,21,23H,12H2,1H3/t21-/m0/s1. The van der Waals surface area contributed by atoms with Gasteiger partial charge in [0, 0.05) is 39.3 Å². The molecule has 1 atom stereocenters. The zero-order valence-electron chi connectivity index (χ0n) is 15.6. The fourth-order valence-corrected chi connectivity index (χ4v) is 3.95. The van der Waals surface area contributed by atoms with E-state index < -0.39 is 12.1 Å². The van der Waals surface area contributed by atoms with Crippen LogP contribution in [0.2, 0.25) is 0 Å². The van der Waals surface area contributed by atoms with Crippen molar-refractivity contribution >= 4 is 34.0 Å². The molecule has 0 aliphatic heterocycles. The van der Waals surface area contributed by atoms with Crippen LogP contribution in [-0.4, -0.2) is 21.3 Å². The number of para-hydroxylation sites is 1. The first kappa shape index (κ1) is 18.9. The zero-order chi connectivity index (χ0) is 20.4. The average Bonchev–Trinajstić information content (AvgIpc) is 3.31. The van der Waals surface area contributed by atoms with Gasteiger partial charge in [0.2, 0.25) is 5.78 Å². The number of Topliss-reactive ketones (excluding diaryl/α,β-unsaturated/α-hetero) is 1. The number of rotatable bonds is 6. The molecule has 0 saturated carbocycles. The van der Waals surface area contributed by atoms with Crippen molar-refractivity contribution < 1.29 is 14.3 Å². The van der Waals surface area contributed by atoms with Crippen LogP contribution in [0.15, 0.2) is 71.0 Å². The van der Waals surface area contributed by atoms with Crippen LogP contribution < -0.4 is 4.87 Å². The van der Waals surface area contributed by atoms with E-state index in [4.69, 9.17) is 4.74 Å². The van der Waals surface area contributed by atoms with E-state index in [2.05, 4.69) is 4.98 Å². The van der Waals surface area contributed by atoms with Gasteiger partial charge in [-0.3, -0.25) is 19.0 Å². The topological polar surface area (TPSA) is 81.2 Å². The second-order valence-corrected chi connectivity index (χ2v) is 7.44. The van der Waals surface area contributed by atoms with Gasteiger partial charge in [0.05, 0.1) is 0 Å². The van der Waals surface area contributed by atoms with Gasteiger partial charge in [-0.25, -0.2) is 0 Å². The Labute approximate surface area is 170 Å². The number of hydrogen-bond acceptors (Lipinski definition) is 5. The number of aromatic amines is 1. The predicted molar refractivity (Wildman–Crippen MR) is 111 cm³/mol. The average molecular weight is 406 g/mol. The third kappa shape index (κ3) is 3.77. The number of ketones is 1. The van der Waals surface area contributed by atoms with Crippen molar-refractivity contribution in [1.82, 2.24) is 9.55 Å². The molecule has 1 N–H and O–H groups in total. The van der Waals surface area contributed by atoms with Crippen LogP contribution >= 0.6 is 11.3 Å². The number of carbonyl (C=O) groups excluding carboxylic acids is 2. The molecule has 146 valence electrons. The van der Waals surface area contributed by atoms with Crippen LogP contribution in [0.5, 0.6) is 0 Å². The number of hydrogen-bond donors (Lipinski definition) is 1. The summed E-state index contributed by atoms with van der Waals surface area (Å²) in [5.74, 6) is -0.966. The lowest BCUT2D eigenvalue weighted by molar-refractivity contribution is -0.148. The maximum atomic E-state index is 13.3. The van der Waals surface area contributed by atoms with E-state index in [1.54, 1.807) is 42.8 Å². The van der Waals surface area contributed by atoms with Crippen molar-refractivity contribution in [1.29, 1.82) is 0 Å². The molecule has 0 amide bonds. The number of fused-ring (bicyclic) bond motifs is 1. The van der Waals surface area contributed by atoms with Crippen LogP contribution in [0.3, 0.4) is 0 Å². The van der Waals surface area contributed by atoms with Crippen LogP contribution in [-0.2, 0) is 16.1 Å². The summed E-state index contributed by atoms with van der Waals surface area (Å²) in [5.41, 5.74) is 2.53. The number of aromatic nitrogens is 2. The number of carbonyl (C=O) groups is 2. The van der Waals surface area contributed by atoms with Gasteiger partial charge in [0.1, 0.15) is 6.54 Å². The molecule has 2 aromatic carbocycles. The summed E-state index contributed by atoms with van der Waals surface area (Å²) in [5, 5.41) is 2.45. The Morgan fingerprint density at radius 2 is 1.83 bits per heavy atom. The summed E-state index contributed by atoms with van der Waals surface area (Å²) in [4.78, 5) is 40.7. The van der Waals surface area contributed by atoms with Crippen LogP contribution in [0.4, 0.5) is 0 Å². The summed E-state index contributed by atoms with van der Waals surface area (Å²) in [7, 11) is 0. The van der Waals surface area contributed by atoms with Crippen LogP contribution in [0.25, 0.3) is 10.9 Å². The summed E-state index contributed by atoms with van der Waals surface area (Å²) in [6.45, 7) is 1.51. The summed E-state index contributed by atoms with van der Waals surface area (Å²) in [6, 6.07) is 16.3. The first-order chi connectivity index (χ1) is 14.0. The highest BCUT2D eigenvalue weighted by molar-refractivity contribution is 7.07. The number of thiazole rings is 1. The normalized spacial score (nSPS) is 12.0. The highest BCUT2D eigenvalue weighted by atomic mass is 32.1. The Kier molecular flexibility index (Phi) is 5.14. The molecule has 7 heteroatoms. The first-order valence-corrected chi connectivity index (χ1v) is 9.92. The number of nitrogens with one attached hydrogen (secondary N) is 1. The summed E-state index contributed by atoms with van der Waals surface area (Å²) < 4.78 is 6.94. The third-order valence-corrected chi connectivity index (χ3v) is 5.59. The summed E-state index contributed by atoms with van der Waals surface area (Å²) >= 11 is 1.02. The van der Waals surface area contributed by atoms with Gasteiger partial charge < -0.3 is 9.72 Å². The molecule has 0 unspecified atom stereocenters. The third-order valence-electron chi connectivity index (χ3n) is 4.71. The molecule has 29 heavy (non-hydrogen) atoms. The summed E-state index contributed by atoms with van der Waals surface area (Å²) in [6.07, 6.45) is 0.530.